The van der Waals surface area contributed by atoms with Crippen LogP contribution in [-0.2, 0) is 25.7 Å². The summed E-state index contributed by atoms with van der Waals surface area (Å²) < 4.78 is 8.59. The van der Waals surface area contributed by atoms with E-state index in [1.54, 1.807) is 11.5 Å². The zero-order valence-electron chi connectivity index (χ0n) is 17.5. The lowest BCUT2D eigenvalue weighted by atomic mass is 10.2. The van der Waals surface area contributed by atoms with Gasteiger partial charge in [-0.25, -0.2) is 0 Å². The number of likely N-dealkylation sites (tertiary alicyclic amines) is 1. The van der Waals surface area contributed by atoms with Crippen molar-refractivity contribution in [1.82, 2.24) is 9.47 Å². The molecule has 31 heavy (non-hydrogen) atoms. The van der Waals surface area contributed by atoms with Gasteiger partial charge < -0.3 is 14.2 Å². The van der Waals surface area contributed by atoms with Crippen LogP contribution in [-0.4, -0.2) is 58.5 Å². The number of carbonyl (C=O) groups is 3. The molecule has 0 radical (unpaired) electrons. The normalized spacial score (nSPS) is 15.2. The van der Waals surface area contributed by atoms with Crippen LogP contribution in [0.1, 0.15) is 32.6 Å². The molecule has 0 saturated carbocycles. The van der Waals surface area contributed by atoms with Crippen molar-refractivity contribution in [3.05, 3.63) is 27.5 Å². The van der Waals surface area contributed by atoms with Gasteiger partial charge in [0, 0.05) is 17.6 Å². The predicted molar refractivity (Wildman–Crippen MR) is 127 cm³/mol. The van der Waals surface area contributed by atoms with Gasteiger partial charge in [-0.1, -0.05) is 40.1 Å². The maximum Gasteiger partial charge on any atom is 0.326 e. The molecule has 1 fully saturated rings. The highest BCUT2D eigenvalue weighted by molar-refractivity contribution is 9.10. The SMILES string of the molecule is CCOC(=O)Cn1c(=NC(=O)CSCC(=O)N2CCCCCC2)sc2cc(Br)ccc21. The Balaban J connectivity index is 1.69. The first kappa shape index (κ1) is 24.0. The predicted octanol–water partition coefficient (Wildman–Crippen LogP) is 3.59. The van der Waals surface area contributed by atoms with Crippen molar-refractivity contribution in [1.29, 1.82) is 0 Å². The minimum absolute atomic E-state index is 0.0117. The zero-order valence-corrected chi connectivity index (χ0v) is 20.7. The molecule has 0 bridgehead atoms. The summed E-state index contributed by atoms with van der Waals surface area (Å²) in [5, 5.41) is 0. The van der Waals surface area contributed by atoms with Crippen molar-refractivity contribution in [2.45, 2.75) is 39.2 Å². The summed E-state index contributed by atoms with van der Waals surface area (Å²) in [6.45, 7) is 3.65. The van der Waals surface area contributed by atoms with E-state index < -0.39 is 0 Å². The Morgan fingerprint density at radius 2 is 1.90 bits per heavy atom. The molecular formula is C21H26BrN3O4S2. The first-order valence-electron chi connectivity index (χ1n) is 10.4. The number of hydrogen-bond donors (Lipinski definition) is 0. The number of thioether (sulfide) groups is 1. The average Bonchev–Trinajstić information content (AvgIpc) is 2.90. The quantitative estimate of drug-likeness (QED) is 0.514. The number of halogens is 1. The van der Waals surface area contributed by atoms with E-state index in [0.29, 0.717) is 11.4 Å². The van der Waals surface area contributed by atoms with Gasteiger partial charge in [0.15, 0.2) is 4.80 Å². The molecule has 0 atom stereocenters. The van der Waals surface area contributed by atoms with Crippen LogP contribution in [0.15, 0.2) is 27.7 Å². The summed E-state index contributed by atoms with van der Waals surface area (Å²) in [7, 11) is 0. The fourth-order valence-corrected chi connectivity index (χ4v) is 5.69. The van der Waals surface area contributed by atoms with Gasteiger partial charge in [0.25, 0.3) is 5.91 Å². The number of hydrogen-bond acceptors (Lipinski definition) is 6. The van der Waals surface area contributed by atoms with Crippen molar-refractivity contribution in [2.24, 2.45) is 4.99 Å². The van der Waals surface area contributed by atoms with Crippen molar-refractivity contribution in [3.63, 3.8) is 0 Å². The molecule has 1 aromatic heterocycles. The highest BCUT2D eigenvalue weighted by Gasteiger charge is 2.16. The van der Waals surface area contributed by atoms with E-state index in [4.69, 9.17) is 4.74 Å². The second kappa shape index (κ2) is 11.8. The van der Waals surface area contributed by atoms with Crippen LogP contribution in [0, 0.1) is 0 Å². The molecule has 10 heteroatoms. The molecule has 0 N–H and O–H groups in total. The molecular weight excluding hydrogens is 502 g/mol. The summed E-state index contributed by atoms with van der Waals surface area (Å²) in [5.41, 5.74) is 0.816. The van der Waals surface area contributed by atoms with Crippen LogP contribution in [0.25, 0.3) is 10.2 Å². The fourth-order valence-electron chi connectivity index (χ4n) is 3.40. The Bertz CT molecular complexity index is 1010. The second-order valence-corrected chi connectivity index (χ2v) is 10.1. The lowest BCUT2D eigenvalue weighted by molar-refractivity contribution is -0.143. The summed E-state index contributed by atoms with van der Waals surface area (Å²) in [4.78, 5) is 43.5. The molecule has 1 saturated heterocycles. The van der Waals surface area contributed by atoms with Gasteiger partial charge in [-0.15, -0.1) is 11.8 Å². The highest BCUT2D eigenvalue weighted by Crippen LogP contribution is 2.22. The van der Waals surface area contributed by atoms with Crippen LogP contribution in [0.4, 0.5) is 0 Å². The fraction of sp³-hybridized carbons (Fsp3) is 0.524. The third-order valence-corrected chi connectivity index (χ3v) is 7.30. The molecule has 2 heterocycles. The van der Waals surface area contributed by atoms with Crippen LogP contribution >= 0.6 is 39.0 Å². The minimum atomic E-state index is -0.378. The number of fused-ring (bicyclic) bond motifs is 1. The van der Waals surface area contributed by atoms with Crippen LogP contribution in [0.3, 0.4) is 0 Å². The Morgan fingerprint density at radius 1 is 1.16 bits per heavy atom. The van der Waals surface area contributed by atoms with Crippen LogP contribution in [0.2, 0.25) is 0 Å². The summed E-state index contributed by atoms with van der Waals surface area (Å²) in [6, 6.07) is 5.69. The van der Waals surface area contributed by atoms with Crippen molar-refractivity contribution >= 4 is 67.0 Å². The molecule has 0 spiro atoms. The van der Waals surface area contributed by atoms with Gasteiger partial charge in [0.2, 0.25) is 5.91 Å². The molecule has 0 unspecified atom stereocenters. The van der Waals surface area contributed by atoms with E-state index in [1.165, 1.54) is 35.9 Å². The number of esters is 1. The Morgan fingerprint density at radius 3 is 2.61 bits per heavy atom. The van der Waals surface area contributed by atoms with E-state index in [2.05, 4.69) is 20.9 Å². The summed E-state index contributed by atoms with van der Waals surface area (Å²) >= 11 is 6.08. The zero-order chi connectivity index (χ0) is 22.2. The molecule has 2 aromatic rings. The van der Waals surface area contributed by atoms with E-state index in [-0.39, 0.29) is 35.8 Å². The van der Waals surface area contributed by atoms with E-state index in [1.807, 2.05) is 23.1 Å². The molecule has 1 aromatic carbocycles. The smallest absolute Gasteiger partial charge is 0.326 e. The first-order valence-corrected chi connectivity index (χ1v) is 13.1. The number of thiazole rings is 1. The minimum Gasteiger partial charge on any atom is -0.465 e. The Hall–Kier alpha value is -1.65. The molecule has 3 rings (SSSR count). The molecule has 7 nitrogen and oxygen atoms in total. The lowest BCUT2D eigenvalue weighted by Gasteiger charge is -2.19. The lowest BCUT2D eigenvalue weighted by Crippen LogP contribution is -2.33. The monoisotopic (exact) mass is 527 g/mol. The number of benzene rings is 1. The van der Waals surface area contributed by atoms with E-state index >= 15 is 0 Å². The average molecular weight is 528 g/mol. The second-order valence-electron chi connectivity index (χ2n) is 7.18. The number of rotatable bonds is 7. The maximum atomic E-state index is 12.5. The largest absolute Gasteiger partial charge is 0.465 e. The molecule has 168 valence electrons. The Kier molecular flexibility index (Phi) is 9.15. The van der Waals surface area contributed by atoms with Crippen molar-refractivity contribution in [2.75, 3.05) is 31.2 Å². The first-order chi connectivity index (χ1) is 15.0. The molecule has 2 amide bonds. The topological polar surface area (TPSA) is 81.0 Å². The number of nitrogens with zero attached hydrogens (tertiary/aromatic N) is 3. The van der Waals surface area contributed by atoms with E-state index in [9.17, 15) is 14.4 Å². The highest BCUT2D eigenvalue weighted by atomic mass is 79.9. The van der Waals surface area contributed by atoms with Gasteiger partial charge in [-0.2, -0.15) is 4.99 Å². The van der Waals surface area contributed by atoms with Gasteiger partial charge in [-0.05, 0) is 38.0 Å². The van der Waals surface area contributed by atoms with Gasteiger partial charge >= 0.3 is 5.97 Å². The number of carbonyl (C=O) groups excluding carboxylic acids is 3. The summed E-state index contributed by atoms with van der Waals surface area (Å²) in [5.74, 6) is -0.211. The van der Waals surface area contributed by atoms with Crippen LogP contribution in [0.5, 0.6) is 0 Å². The van der Waals surface area contributed by atoms with E-state index in [0.717, 1.165) is 40.6 Å². The number of ether oxygens (including phenoxy) is 1. The summed E-state index contributed by atoms with van der Waals surface area (Å²) in [6.07, 6.45) is 4.44. The molecule has 1 aliphatic rings. The maximum absolute atomic E-state index is 12.5. The van der Waals surface area contributed by atoms with Crippen molar-refractivity contribution < 1.29 is 19.1 Å². The van der Waals surface area contributed by atoms with Gasteiger partial charge in [0.1, 0.15) is 6.54 Å². The number of amides is 2. The van der Waals surface area contributed by atoms with Gasteiger partial charge in [-0.3, -0.25) is 14.4 Å². The van der Waals surface area contributed by atoms with Gasteiger partial charge in [0.05, 0.1) is 28.3 Å². The third-order valence-electron chi connectivity index (χ3n) is 4.87. The molecule has 0 aliphatic carbocycles. The van der Waals surface area contributed by atoms with Crippen LogP contribution < -0.4 is 4.80 Å². The third kappa shape index (κ3) is 6.92. The Labute approximate surface area is 198 Å². The number of aromatic nitrogens is 1. The molecule has 1 aliphatic heterocycles. The standard InChI is InChI=1S/C21H26BrN3O4S2/c1-2-29-20(28)12-25-16-8-7-15(22)11-17(16)31-21(25)23-18(26)13-30-14-19(27)24-9-5-3-4-6-10-24/h7-8,11H,2-6,9-10,12-14H2,1H3. The van der Waals surface area contributed by atoms with Crippen molar-refractivity contribution in [3.8, 4) is 0 Å².